The minimum atomic E-state index is -4.39. The van der Waals surface area contributed by atoms with E-state index >= 15 is 0 Å². The first-order valence-corrected chi connectivity index (χ1v) is 16.7. The number of halogens is 3. The minimum absolute atomic E-state index is 0.00981. The normalized spacial score (nSPS) is 12.1. The van der Waals surface area contributed by atoms with Crippen molar-refractivity contribution in [2.24, 2.45) is 0 Å². The quantitative estimate of drug-likeness (QED) is 0.128. The Morgan fingerprint density at radius 1 is 0.755 bits per heavy atom. The predicted molar refractivity (Wildman–Crippen MR) is 189 cm³/mol. The van der Waals surface area contributed by atoms with Gasteiger partial charge in [0.15, 0.2) is 0 Å². The summed E-state index contributed by atoms with van der Waals surface area (Å²) in [5.74, 6) is 0.448. The molecule has 9 heteroatoms. The van der Waals surface area contributed by atoms with Gasteiger partial charge in [0.1, 0.15) is 12.4 Å². The van der Waals surface area contributed by atoms with Gasteiger partial charge in [-0.3, -0.25) is 9.59 Å². The van der Waals surface area contributed by atoms with Gasteiger partial charge in [-0.15, -0.1) is 0 Å². The lowest BCUT2D eigenvalue weighted by molar-refractivity contribution is -0.137. The van der Waals surface area contributed by atoms with Crippen LogP contribution in [0, 0.1) is 0 Å². The summed E-state index contributed by atoms with van der Waals surface area (Å²) < 4.78 is 41.1. The number of alkyl halides is 3. The van der Waals surface area contributed by atoms with E-state index < -0.39 is 11.7 Å². The highest BCUT2D eigenvalue weighted by atomic mass is 19.4. The van der Waals surface area contributed by atoms with Crippen LogP contribution in [0.15, 0.2) is 108 Å². The molecule has 0 radical (unpaired) electrons. The molecule has 0 N–H and O–H groups in total. The molecule has 1 aromatic heterocycles. The topological polar surface area (TPSA) is 58.4 Å². The molecule has 4 aromatic carbocycles. The lowest BCUT2D eigenvalue weighted by Crippen LogP contribution is -2.40. The SMILES string of the molecule is CCN(CC)CCN(Cc1ccc(-c2ccc(C(F)(F)F)cc2)cc1)C(=O)Cn1c(CC(C)(C)c2ccccc2)nc(=O)c2ccccc21. The maximum absolute atomic E-state index is 14.3. The van der Waals surface area contributed by atoms with Gasteiger partial charge < -0.3 is 14.4 Å². The van der Waals surface area contributed by atoms with Crippen molar-refractivity contribution in [3.05, 3.63) is 136 Å². The van der Waals surface area contributed by atoms with Crippen LogP contribution in [0.25, 0.3) is 22.0 Å². The van der Waals surface area contributed by atoms with Gasteiger partial charge in [0.2, 0.25) is 5.91 Å². The fourth-order valence-corrected chi connectivity index (χ4v) is 6.17. The van der Waals surface area contributed by atoms with Gasteiger partial charge in [0.25, 0.3) is 5.56 Å². The van der Waals surface area contributed by atoms with Gasteiger partial charge in [-0.25, -0.2) is 0 Å². The standard InChI is InChI=1S/C40H43F3N4O2/c1-5-45(6-2)24-25-46(27-29-16-18-30(19-17-29)31-20-22-33(23-21-31)40(41,42)43)37(48)28-47-35-15-11-10-14-34(35)38(49)44-36(47)26-39(3,4)32-12-8-7-9-13-32/h7-23H,5-6,24-28H2,1-4H3. The Morgan fingerprint density at radius 2 is 1.35 bits per heavy atom. The van der Waals surface area contributed by atoms with Crippen LogP contribution in [0.4, 0.5) is 13.2 Å². The number of para-hydroxylation sites is 1. The summed E-state index contributed by atoms with van der Waals surface area (Å²) >= 11 is 0. The predicted octanol–water partition coefficient (Wildman–Crippen LogP) is 7.97. The molecular weight excluding hydrogens is 625 g/mol. The van der Waals surface area contributed by atoms with E-state index in [9.17, 15) is 22.8 Å². The smallest absolute Gasteiger partial charge is 0.336 e. The molecule has 0 bridgehead atoms. The lowest BCUT2D eigenvalue weighted by atomic mass is 9.81. The van der Waals surface area contributed by atoms with Crippen LogP contribution in [0.5, 0.6) is 0 Å². The molecule has 5 aromatic rings. The van der Waals surface area contributed by atoms with Crippen molar-refractivity contribution in [2.75, 3.05) is 26.2 Å². The monoisotopic (exact) mass is 668 g/mol. The average molecular weight is 669 g/mol. The molecule has 49 heavy (non-hydrogen) atoms. The Morgan fingerprint density at radius 3 is 1.96 bits per heavy atom. The van der Waals surface area contributed by atoms with E-state index in [4.69, 9.17) is 0 Å². The summed E-state index contributed by atoms with van der Waals surface area (Å²) in [7, 11) is 0. The Labute approximate surface area is 285 Å². The minimum Gasteiger partial charge on any atom is -0.336 e. The number of likely N-dealkylation sites (N-methyl/N-ethyl adjacent to an activating group) is 1. The van der Waals surface area contributed by atoms with Gasteiger partial charge in [-0.05, 0) is 65.0 Å². The average Bonchev–Trinajstić information content (AvgIpc) is 3.10. The molecule has 0 aliphatic carbocycles. The second-order valence-corrected chi connectivity index (χ2v) is 13.0. The van der Waals surface area contributed by atoms with Crippen LogP contribution in [0.2, 0.25) is 0 Å². The molecule has 0 spiro atoms. The van der Waals surface area contributed by atoms with Crippen molar-refractivity contribution in [2.45, 2.75) is 58.8 Å². The van der Waals surface area contributed by atoms with E-state index in [2.05, 4.69) is 49.7 Å². The van der Waals surface area contributed by atoms with Crippen molar-refractivity contribution in [3.63, 3.8) is 0 Å². The van der Waals surface area contributed by atoms with E-state index in [0.717, 1.165) is 41.9 Å². The number of carbonyl (C=O) groups excluding carboxylic acids is 1. The third-order valence-electron chi connectivity index (χ3n) is 9.22. The van der Waals surface area contributed by atoms with E-state index in [1.807, 2.05) is 64.1 Å². The molecule has 6 nitrogen and oxygen atoms in total. The third kappa shape index (κ3) is 8.64. The fraction of sp³-hybridized carbons (Fsp3) is 0.325. The van der Waals surface area contributed by atoms with Crippen molar-refractivity contribution in [1.82, 2.24) is 19.4 Å². The van der Waals surface area contributed by atoms with Crippen LogP contribution in [0.3, 0.4) is 0 Å². The fourth-order valence-electron chi connectivity index (χ4n) is 6.17. The van der Waals surface area contributed by atoms with Crippen molar-refractivity contribution < 1.29 is 18.0 Å². The Kier molecular flexibility index (Phi) is 11.0. The van der Waals surface area contributed by atoms with Crippen LogP contribution in [0.1, 0.15) is 50.2 Å². The second-order valence-electron chi connectivity index (χ2n) is 13.0. The molecule has 0 fully saturated rings. The second kappa shape index (κ2) is 15.2. The van der Waals surface area contributed by atoms with Gasteiger partial charge in [-0.2, -0.15) is 18.2 Å². The maximum Gasteiger partial charge on any atom is 0.416 e. The third-order valence-corrected chi connectivity index (χ3v) is 9.22. The Bertz CT molecular complexity index is 1910. The number of aromatic nitrogens is 2. The Balaban J connectivity index is 1.44. The number of nitrogens with zero attached hydrogens (tertiary/aromatic N) is 4. The molecular formula is C40H43F3N4O2. The summed E-state index contributed by atoms with van der Waals surface area (Å²) in [5.41, 5.74) is 2.78. The summed E-state index contributed by atoms with van der Waals surface area (Å²) in [6, 6.07) is 30.0. The van der Waals surface area contributed by atoms with Crippen LogP contribution >= 0.6 is 0 Å². The number of hydrogen-bond donors (Lipinski definition) is 0. The first kappa shape index (κ1) is 35.5. The van der Waals surface area contributed by atoms with Gasteiger partial charge in [0.05, 0.1) is 16.5 Å². The van der Waals surface area contributed by atoms with E-state index in [1.54, 1.807) is 12.1 Å². The first-order chi connectivity index (χ1) is 23.4. The van der Waals surface area contributed by atoms with E-state index in [0.29, 0.717) is 48.3 Å². The largest absolute Gasteiger partial charge is 0.416 e. The van der Waals surface area contributed by atoms with Crippen LogP contribution in [-0.4, -0.2) is 51.4 Å². The maximum atomic E-state index is 14.3. The number of carbonyl (C=O) groups is 1. The molecule has 256 valence electrons. The van der Waals surface area contributed by atoms with Crippen molar-refractivity contribution >= 4 is 16.8 Å². The molecule has 0 aliphatic rings. The molecule has 0 unspecified atom stereocenters. The highest BCUT2D eigenvalue weighted by molar-refractivity contribution is 5.82. The summed E-state index contributed by atoms with van der Waals surface area (Å²) in [4.78, 5) is 36.1. The van der Waals surface area contributed by atoms with E-state index in [1.165, 1.54) is 12.1 Å². The molecule has 0 saturated carbocycles. The van der Waals surface area contributed by atoms with Crippen LogP contribution in [-0.2, 0) is 35.9 Å². The molecule has 0 saturated heterocycles. The van der Waals surface area contributed by atoms with Crippen LogP contribution < -0.4 is 5.56 Å². The zero-order valence-electron chi connectivity index (χ0n) is 28.5. The highest BCUT2D eigenvalue weighted by Crippen LogP contribution is 2.31. The first-order valence-electron chi connectivity index (χ1n) is 16.7. The molecule has 1 heterocycles. The zero-order chi connectivity index (χ0) is 35.2. The van der Waals surface area contributed by atoms with Gasteiger partial charge >= 0.3 is 6.18 Å². The van der Waals surface area contributed by atoms with Crippen molar-refractivity contribution in [3.8, 4) is 11.1 Å². The summed E-state index contributed by atoms with van der Waals surface area (Å²) in [6.07, 6.45) is -3.94. The lowest BCUT2D eigenvalue weighted by Gasteiger charge is -2.29. The van der Waals surface area contributed by atoms with Gasteiger partial charge in [0, 0.05) is 26.1 Å². The number of hydrogen-bond acceptors (Lipinski definition) is 4. The molecule has 5 rings (SSSR count). The number of benzene rings is 4. The molecule has 1 amide bonds. The van der Waals surface area contributed by atoms with Gasteiger partial charge in [-0.1, -0.05) is 107 Å². The molecule has 0 aliphatic heterocycles. The number of fused-ring (bicyclic) bond motifs is 1. The number of rotatable bonds is 13. The summed E-state index contributed by atoms with van der Waals surface area (Å²) in [5, 5.41) is 0.463. The van der Waals surface area contributed by atoms with Crippen molar-refractivity contribution in [1.29, 1.82) is 0 Å². The van der Waals surface area contributed by atoms with E-state index in [-0.39, 0.29) is 23.4 Å². The Hall–Kier alpha value is -4.76. The number of amides is 1. The highest BCUT2D eigenvalue weighted by Gasteiger charge is 2.30. The summed E-state index contributed by atoms with van der Waals surface area (Å²) in [6.45, 7) is 11.7. The zero-order valence-corrected chi connectivity index (χ0v) is 28.5. The molecule has 0 atom stereocenters.